The van der Waals surface area contributed by atoms with E-state index in [0.717, 1.165) is 24.3 Å². The topological polar surface area (TPSA) is 76.5 Å². The molecule has 3 heterocycles. The molecule has 2 aliphatic rings. The molecule has 3 rings (SSSR count). The number of alkyl halides is 2. The van der Waals surface area contributed by atoms with Gasteiger partial charge in [-0.1, -0.05) is 0 Å². The van der Waals surface area contributed by atoms with E-state index < -0.39 is 23.9 Å². The Hall–Kier alpha value is -1.68. The monoisotopic (exact) mass is 374 g/mol. The Kier molecular flexibility index (Phi) is 5.28. The predicted octanol–water partition coefficient (Wildman–Crippen LogP) is 1.42. The number of amides is 2. The van der Waals surface area contributed by atoms with Gasteiger partial charge in [-0.15, -0.1) is 0 Å². The molecule has 1 aromatic rings. The van der Waals surface area contributed by atoms with Gasteiger partial charge in [0, 0.05) is 19.8 Å². The van der Waals surface area contributed by atoms with E-state index in [1.807, 2.05) is 11.8 Å². The number of carbonyl (C=O) groups is 2. The number of nitrogens with one attached hydrogen (secondary N) is 1. The van der Waals surface area contributed by atoms with E-state index in [1.54, 1.807) is 0 Å². The van der Waals surface area contributed by atoms with E-state index in [9.17, 15) is 18.4 Å². The van der Waals surface area contributed by atoms with E-state index in [0.29, 0.717) is 19.7 Å². The van der Waals surface area contributed by atoms with Crippen molar-refractivity contribution >= 4 is 29.3 Å². The molecule has 0 atom stereocenters. The van der Waals surface area contributed by atoms with Gasteiger partial charge < -0.3 is 15.0 Å². The van der Waals surface area contributed by atoms with Crippen LogP contribution in [0.5, 0.6) is 0 Å². The van der Waals surface area contributed by atoms with Gasteiger partial charge in [-0.3, -0.25) is 14.3 Å². The van der Waals surface area contributed by atoms with Gasteiger partial charge in [-0.05, 0) is 24.3 Å². The summed E-state index contributed by atoms with van der Waals surface area (Å²) in [7, 11) is 1.47. The van der Waals surface area contributed by atoms with E-state index >= 15 is 0 Å². The van der Waals surface area contributed by atoms with Crippen LogP contribution in [0.25, 0.3) is 0 Å². The van der Waals surface area contributed by atoms with Crippen LogP contribution < -0.4 is 5.32 Å². The van der Waals surface area contributed by atoms with Crippen molar-refractivity contribution in [1.29, 1.82) is 0 Å². The number of halogens is 2. The zero-order valence-corrected chi connectivity index (χ0v) is 14.7. The highest BCUT2D eigenvalue weighted by atomic mass is 32.2. The molecule has 0 aliphatic carbocycles. The van der Waals surface area contributed by atoms with Gasteiger partial charge in [0.15, 0.2) is 5.69 Å². The maximum Gasteiger partial charge on any atom is 0.314 e. The van der Waals surface area contributed by atoms with Crippen molar-refractivity contribution in [2.75, 3.05) is 36.5 Å². The van der Waals surface area contributed by atoms with Gasteiger partial charge >= 0.3 is 11.8 Å². The van der Waals surface area contributed by atoms with Crippen LogP contribution in [0.3, 0.4) is 0 Å². The van der Waals surface area contributed by atoms with E-state index in [1.165, 1.54) is 22.8 Å². The van der Waals surface area contributed by atoms with Gasteiger partial charge in [0.2, 0.25) is 0 Å². The van der Waals surface area contributed by atoms with Crippen LogP contribution in [0.2, 0.25) is 0 Å². The number of anilines is 1. The second kappa shape index (κ2) is 7.28. The van der Waals surface area contributed by atoms with Gasteiger partial charge in [0.1, 0.15) is 0 Å². The molecule has 1 aromatic heterocycles. The lowest BCUT2D eigenvalue weighted by molar-refractivity contribution is -0.157. The molecule has 1 spiro atoms. The largest absolute Gasteiger partial charge is 0.371 e. The quantitative estimate of drug-likeness (QED) is 0.793. The third kappa shape index (κ3) is 3.95. The van der Waals surface area contributed by atoms with Crippen LogP contribution in [0, 0.1) is 0 Å². The summed E-state index contributed by atoms with van der Waals surface area (Å²) in [6.45, 7) is 1.04. The second-order valence-electron chi connectivity index (χ2n) is 6.23. The summed E-state index contributed by atoms with van der Waals surface area (Å²) in [5.74, 6) is 0.255. The maximum absolute atomic E-state index is 12.9. The molecule has 7 nitrogen and oxygen atoms in total. The summed E-state index contributed by atoms with van der Waals surface area (Å²) in [6, 6.07) is 0. The standard InChI is InChI=1S/C15H20F2N4O3S/c1-20-8-10(11(19-20)12(16)17)18-13(22)14(23)21-4-5-24-15(9-21)2-6-25-7-3-15/h8,12H,2-7,9H2,1H3,(H,18,22). The Bertz CT molecular complexity index is 656. The maximum atomic E-state index is 12.9. The Morgan fingerprint density at radius 1 is 1.40 bits per heavy atom. The molecule has 10 heteroatoms. The van der Waals surface area contributed by atoms with Gasteiger partial charge in [-0.25, -0.2) is 8.78 Å². The number of ether oxygens (including phenoxy) is 1. The number of carbonyl (C=O) groups excluding carboxylic acids is 2. The lowest BCUT2D eigenvalue weighted by Gasteiger charge is -2.44. The molecule has 1 N–H and O–H groups in total. The Balaban J connectivity index is 1.67. The molecule has 2 saturated heterocycles. The molecule has 0 radical (unpaired) electrons. The van der Waals surface area contributed by atoms with Crippen molar-refractivity contribution in [2.45, 2.75) is 24.9 Å². The summed E-state index contributed by atoms with van der Waals surface area (Å²) in [5.41, 5.74) is -1.08. The lowest BCUT2D eigenvalue weighted by atomic mass is 9.94. The molecular formula is C15H20F2N4O3S. The third-order valence-corrected chi connectivity index (χ3v) is 5.43. The van der Waals surface area contributed by atoms with Crippen LogP contribution in [0.1, 0.15) is 25.0 Å². The second-order valence-corrected chi connectivity index (χ2v) is 7.45. The molecular weight excluding hydrogens is 354 g/mol. The first-order valence-corrected chi connectivity index (χ1v) is 9.19. The number of hydrogen-bond donors (Lipinski definition) is 1. The average molecular weight is 374 g/mol. The van der Waals surface area contributed by atoms with Crippen molar-refractivity contribution in [3.63, 3.8) is 0 Å². The average Bonchev–Trinajstić information content (AvgIpc) is 2.95. The van der Waals surface area contributed by atoms with Gasteiger partial charge in [0.05, 0.1) is 24.4 Å². The molecule has 0 bridgehead atoms. The van der Waals surface area contributed by atoms with Gasteiger partial charge in [-0.2, -0.15) is 16.9 Å². The highest BCUT2D eigenvalue weighted by Gasteiger charge is 2.40. The number of thioether (sulfide) groups is 1. The smallest absolute Gasteiger partial charge is 0.314 e. The van der Waals surface area contributed by atoms with E-state index in [-0.39, 0.29) is 11.3 Å². The highest BCUT2D eigenvalue weighted by Crippen LogP contribution is 2.33. The fourth-order valence-electron chi connectivity index (χ4n) is 3.15. The van der Waals surface area contributed by atoms with Crippen molar-refractivity contribution < 1.29 is 23.1 Å². The van der Waals surface area contributed by atoms with Crippen molar-refractivity contribution in [2.24, 2.45) is 7.05 Å². The number of aromatic nitrogens is 2. The minimum absolute atomic E-state index is 0.145. The van der Waals surface area contributed by atoms with E-state index in [4.69, 9.17) is 4.74 Å². The fourth-order valence-corrected chi connectivity index (χ4v) is 4.38. The van der Waals surface area contributed by atoms with Crippen LogP contribution in [-0.2, 0) is 21.4 Å². The Morgan fingerprint density at radius 2 is 2.12 bits per heavy atom. The van der Waals surface area contributed by atoms with Crippen LogP contribution in [-0.4, -0.2) is 63.3 Å². The third-order valence-electron chi connectivity index (χ3n) is 4.45. The predicted molar refractivity (Wildman–Crippen MR) is 88.6 cm³/mol. The van der Waals surface area contributed by atoms with Crippen LogP contribution >= 0.6 is 11.8 Å². The van der Waals surface area contributed by atoms with Crippen LogP contribution in [0.15, 0.2) is 6.20 Å². The highest BCUT2D eigenvalue weighted by molar-refractivity contribution is 7.99. The zero-order valence-electron chi connectivity index (χ0n) is 13.8. The SMILES string of the molecule is Cn1cc(NC(=O)C(=O)N2CCOC3(CCSCC3)C2)c(C(F)F)n1. The number of hydrogen-bond acceptors (Lipinski definition) is 5. The number of aryl methyl sites for hydroxylation is 1. The molecule has 2 fully saturated rings. The molecule has 0 saturated carbocycles. The van der Waals surface area contributed by atoms with E-state index in [2.05, 4.69) is 10.4 Å². The normalized spacial score (nSPS) is 20.1. The van der Waals surface area contributed by atoms with Gasteiger partial charge in [0.25, 0.3) is 6.43 Å². The molecule has 2 aliphatic heterocycles. The molecule has 2 amide bonds. The molecule has 138 valence electrons. The Labute approximate surface area is 148 Å². The summed E-state index contributed by atoms with van der Waals surface area (Å²) in [6.07, 6.45) is 0.0897. The number of morpholine rings is 1. The zero-order chi connectivity index (χ0) is 18.0. The fraction of sp³-hybridized carbons (Fsp3) is 0.667. The molecule has 0 unspecified atom stereocenters. The first-order valence-electron chi connectivity index (χ1n) is 8.04. The molecule has 0 aromatic carbocycles. The lowest BCUT2D eigenvalue weighted by Crippen LogP contribution is -2.57. The summed E-state index contributed by atoms with van der Waals surface area (Å²) < 4.78 is 32.9. The minimum Gasteiger partial charge on any atom is -0.371 e. The number of rotatable bonds is 2. The first kappa shape index (κ1) is 18.1. The van der Waals surface area contributed by atoms with Crippen molar-refractivity contribution in [3.8, 4) is 0 Å². The summed E-state index contributed by atoms with van der Waals surface area (Å²) in [4.78, 5) is 26.1. The summed E-state index contributed by atoms with van der Waals surface area (Å²) in [5, 5.41) is 5.87. The Morgan fingerprint density at radius 3 is 2.80 bits per heavy atom. The first-order chi connectivity index (χ1) is 11.9. The number of nitrogens with zero attached hydrogens (tertiary/aromatic N) is 3. The summed E-state index contributed by atoms with van der Waals surface area (Å²) >= 11 is 1.84. The van der Waals surface area contributed by atoms with Crippen molar-refractivity contribution in [3.05, 3.63) is 11.9 Å². The minimum atomic E-state index is -2.84. The molecule has 25 heavy (non-hydrogen) atoms. The van der Waals surface area contributed by atoms with Crippen LogP contribution in [0.4, 0.5) is 14.5 Å². The van der Waals surface area contributed by atoms with Crippen molar-refractivity contribution in [1.82, 2.24) is 14.7 Å².